The molecule has 0 bridgehead atoms. The summed E-state index contributed by atoms with van der Waals surface area (Å²) in [7, 11) is 0. The second-order valence-electron chi connectivity index (χ2n) is 4.54. The quantitative estimate of drug-likeness (QED) is 0.727. The molecule has 0 saturated heterocycles. The number of hydrogen-bond acceptors (Lipinski definition) is 2. The minimum atomic E-state index is 0.670. The molecule has 0 aliphatic carbocycles. The van der Waals surface area contributed by atoms with Gasteiger partial charge in [-0.1, -0.05) is 55.5 Å². The van der Waals surface area contributed by atoms with Gasteiger partial charge in [-0.25, -0.2) is 0 Å². The largest absolute Gasteiger partial charge is 0.162 e. The standard InChI is InChI=1S/C17H20S2/c1-14(18-2)11-12-15-8-4-3-7-13-19-17-10-6-5-9-16(15)17/h3-10,12,14H,11,13H2,1-2H3/b7-3-,8-4-,15-12+. The average molecular weight is 288 g/mol. The van der Waals surface area contributed by atoms with Gasteiger partial charge >= 0.3 is 0 Å². The van der Waals surface area contributed by atoms with Crippen LogP contribution < -0.4 is 0 Å². The highest BCUT2D eigenvalue weighted by Gasteiger charge is 2.07. The van der Waals surface area contributed by atoms with Crippen molar-refractivity contribution in [2.75, 3.05) is 12.0 Å². The lowest BCUT2D eigenvalue weighted by Crippen LogP contribution is -1.93. The number of rotatable bonds is 3. The van der Waals surface area contributed by atoms with Crippen molar-refractivity contribution in [3.05, 3.63) is 60.2 Å². The molecule has 19 heavy (non-hydrogen) atoms. The van der Waals surface area contributed by atoms with Crippen molar-refractivity contribution < 1.29 is 0 Å². The lowest BCUT2D eigenvalue weighted by molar-refractivity contribution is 0.986. The van der Waals surface area contributed by atoms with Gasteiger partial charge in [-0.3, -0.25) is 0 Å². The van der Waals surface area contributed by atoms with Crippen molar-refractivity contribution in [3.8, 4) is 0 Å². The second kappa shape index (κ2) is 7.66. The first kappa shape index (κ1) is 14.5. The Morgan fingerprint density at radius 2 is 2.16 bits per heavy atom. The van der Waals surface area contributed by atoms with Crippen LogP contribution >= 0.6 is 23.5 Å². The molecule has 0 nitrogen and oxygen atoms in total. The predicted octanol–water partition coefficient (Wildman–Crippen LogP) is 5.43. The molecule has 0 saturated carbocycles. The second-order valence-corrected chi connectivity index (χ2v) is 6.87. The Balaban J connectivity index is 2.34. The van der Waals surface area contributed by atoms with Crippen molar-refractivity contribution in [2.24, 2.45) is 0 Å². The van der Waals surface area contributed by atoms with Crippen molar-refractivity contribution in [1.29, 1.82) is 0 Å². The summed E-state index contributed by atoms with van der Waals surface area (Å²) in [4.78, 5) is 1.38. The molecule has 0 fully saturated rings. The lowest BCUT2D eigenvalue weighted by atomic mass is 10.0. The molecule has 1 aliphatic rings. The maximum absolute atomic E-state index is 2.37. The van der Waals surface area contributed by atoms with E-state index in [1.165, 1.54) is 16.0 Å². The molecule has 1 unspecified atom stereocenters. The van der Waals surface area contributed by atoms with Gasteiger partial charge in [0.2, 0.25) is 0 Å². The summed E-state index contributed by atoms with van der Waals surface area (Å²) >= 11 is 3.83. The SMILES string of the molecule is CSC(C)C\C=C1/C=C\C=C/CSc2ccccc21. The Kier molecular flexibility index (Phi) is 5.87. The molecule has 0 amide bonds. The first-order valence-electron chi connectivity index (χ1n) is 6.59. The fraction of sp³-hybridized carbons (Fsp3) is 0.294. The average Bonchev–Trinajstić information content (AvgIpc) is 2.55. The Morgan fingerprint density at radius 1 is 1.32 bits per heavy atom. The smallest absolute Gasteiger partial charge is 0.0164 e. The van der Waals surface area contributed by atoms with E-state index in [-0.39, 0.29) is 0 Å². The fourth-order valence-corrected chi connectivity index (χ4v) is 3.11. The molecule has 2 rings (SSSR count). The Labute approximate surface area is 125 Å². The van der Waals surface area contributed by atoms with E-state index in [9.17, 15) is 0 Å². The van der Waals surface area contributed by atoms with Gasteiger partial charge in [-0.05, 0) is 29.9 Å². The molecular weight excluding hydrogens is 268 g/mol. The fourth-order valence-electron chi connectivity index (χ4n) is 1.92. The van der Waals surface area contributed by atoms with Gasteiger partial charge in [0.25, 0.3) is 0 Å². The highest BCUT2D eigenvalue weighted by Crippen LogP contribution is 2.30. The van der Waals surface area contributed by atoms with E-state index in [1.807, 2.05) is 23.5 Å². The molecule has 1 heterocycles. The molecule has 0 aromatic heterocycles. The zero-order chi connectivity index (χ0) is 13.5. The van der Waals surface area contributed by atoms with Crippen molar-refractivity contribution >= 4 is 29.1 Å². The minimum Gasteiger partial charge on any atom is -0.162 e. The van der Waals surface area contributed by atoms with Gasteiger partial charge in [-0.2, -0.15) is 11.8 Å². The number of hydrogen-bond donors (Lipinski definition) is 0. The van der Waals surface area contributed by atoms with E-state index in [0.717, 1.165) is 12.2 Å². The van der Waals surface area contributed by atoms with Crippen LogP contribution in [0.4, 0.5) is 0 Å². The monoisotopic (exact) mass is 288 g/mol. The lowest BCUT2D eigenvalue weighted by Gasteiger charge is -2.10. The molecule has 1 aromatic carbocycles. The maximum Gasteiger partial charge on any atom is 0.0164 e. The van der Waals surface area contributed by atoms with Gasteiger partial charge in [0.05, 0.1) is 0 Å². The maximum atomic E-state index is 2.37. The topological polar surface area (TPSA) is 0 Å². The Morgan fingerprint density at radius 3 is 3.00 bits per heavy atom. The third kappa shape index (κ3) is 4.32. The van der Waals surface area contributed by atoms with E-state index in [2.05, 4.69) is 67.8 Å². The van der Waals surface area contributed by atoms with Gasteiger partial charge in [0.1, 0.15) is 0 Å². The summed E-state index contributed by atoms with van der Waals surface area (Å²) < 4.78 is 0. The summed E-state index contributed by atoms with van der Waals surface area (Å²) in [6, 6.07) is 8.70. The minimum absolute atomic E-state index is 0.670. The summed E-state index contributed by atoms with van der Waals surface area (Å²) in [6.07, 6.45) is 14.4. The molecule has 0 spiro atoms. The van der Waals surface area contributed by atoms with E-state index < -0.39 is 0 Å². The number of allylic oxidation sites excluding steroid dienone is 5. The third-order valence-corrected chi connectivity index (χ3v) is 5.15. The van der Waals surface area contributed by atoms with Crippen LogP contribution in [0.15, 0.2) is 59.5 Å². The van der Waals surface area contributed by atoms with Crippen molar-refractivity contribution in [1.82, 2.24) is 0 Å². The zero-order valence-corrected chi connectivity index (χ0v) is 13.1. The van der Waals surface area contributed by atoms with Crippen molar-refractivity contribution in [3.63, 3.8) is 0 Å². The van der Waals surface area contributed by atoms with E-state index in [0.29, 0.717) is 5.25 Å². The highest BCUT2D eigenvalue weighted by atomic mass is 32.2. The number of benzene rings is 1. The van der Waals surface area contributed by atoms with Crippen LogP contribution in [0, 0.1) is 0 Å². The van der Waals surface area contributed by atoms with Gasteiger partial charge in [0.15, 0.2) is 0 Å². The first-order valence-corrected chi connectivity index (χ1v) is 8.87. The van der Waals surface area contributed by atoms with E-state index >= 15 is 0 Å². The van der Waals surface area contributed by atoms with Crippen molar-refractivity contribution in [2.45, 2.75) is 23.5 Å². The van der Waals surface area contributed by atoms with Gasteiger partial charge < -0.3 is 0 Å². The normalized spacial score (nSPS) is 21.9. The van der Waals surface area contributed by atoms with Crippen LogP contribution in [0.3, 0.4) is 0 Å². The zero-order valence-electron chi connectivity index (χ0n) is 11.5. The van der Waals surface area contributed by atoms with Gasteiger partial charge in [0, 0.05) is 15.9 Å². The van der Waals surface area contributed by atoms with Crippen LogP contribution in [0.2, 0.25) is 0 Å². The molecule has 1 aliphatic heterocycles. The van der Waals surface area contributed by atoms with Crippen LogP contribution in [0.5, 0.6) is 0 Å². The molecule has 2 heteroatoms. The number of thioether (sulfide) groups is 2. The van der Waals surface area contributed by atoms with E-state index in [4.69, 9.17) is 0 Å². The van der Waals surface area contributed by atoms with Crippen LogP contribution in [0.1, 0.15) is 18.9 Å². The first-order chi connectivity index (χ1) is 9.31. The van der Waals surface area contributed by atoms with Crippen LogP contribution in [0.25, 0.3) is 5.57 Å². The molecule has 1 aromatic rings. The summed E-state index contributed by atoms with van der Waals surface area (Å²) in [5, 5.41) is 0.670. The number of fused-ring (bicyclic) bond motifs is 1. The Bertz CT molecular complexity index is 498. The highest BCUT2D eigenvalue weighted by molar-refractivity contribution is 7.99. The summed E-state index contributed by atoms with van der Waals surface area (Å²) in [5.41, 5.74) is 2.70. The van der Waals surface area contributed by atoms with Crippen LogP contribution in [-0.2, 0) is 0 Å². The predicted molar refractivity (Wildman–Crippen MR) is 91.0 cm³/mol. The van der Waals surface area contributed by atoms with Gasteiger partial charge in [-0.15, -0.1) is 11.8 Å². The molecule has 1 atom stereocenters. The third-order valence-electron chi connectivity index (χ3n) is 3.13. The molecule has 0 N–H and O–H groups in total. The summed E-state index contributed by atoms with van der Waals surface area (Å²) in [6.45, 7) is 2.28. The molecular formula is C17H20S2. The van der Waals surface area contributed by atoms with E-state index in [1.54, 1.807) is 0 Å². The summed E-state index contributed by atoms with van der Waals surface area (Å²) in [5.74, 6) is 1.04. The Hall–Kier alpha value is -0.860. The van der Waals surface area contributed by atoms with Crippen LogP contribution in [-0.4, -0.2) is 17.3 Å². The molecule has 100 valence electrons. The molecule has 0 radical (unpaired) electrons.